The number of ether oxygens (including phenoxy) is 3. The van der Waals surface area contributed by atoms with Gasteiger partial charge < -0.3 is 24.8 Å². The van der Waals surface area contributed by atoms with E-state index in [1.54, 1.807) is 6.26 Å². The minimum atomic E-state index is -4.29. The molecule has 0 aromatic carbocycles. The highest BCUT2D eigenvalue weighted by Crippen LogP contribution is 2.43. The van der Waals surface area contributed by atoms with Gasteiger partial charge in [0.1, 0.15) is 6.61 Å². The molecule has 1 rings (SSSR count). The van der Waals surface area contributed by atoms with Gasteiger partial charge in [-0.3, -0.25) is 13.8 Å². The number of esters is 1. The summed E-state index contributed by atoms with van der Waals surface area (Å²) in [6, 6.07) is 0. The number of epoxide rings is 1. The molecule has 1 fully saturated rings. The van der Waals surface area contributed by atoms with Crippen LogP contribution < -0.4 is 5.73 Å². The van der Waals surface area contributed by atoms with Gasteiger partial charge in [0.2, 0.25) is 0 Å². The van der Waals surface area contributed by atoms with E-state index in [-0.39, 0.29) is 38.8 Å². The number of hydrogen-bond donors (Lipinski definition) is 2. The van der Waals surface area contributed by atoms with Crippen LogP contribution >= 0.6 is 7.82 Å². The van der Waals surface area contributed by atoms with Gasteiger partial charge in [0, 0.05) is 13.0 Å². The van der Waals surface area contributed by atoms with Crippen LogP contribution in [0.4, 0.5) is 0 Å². The summed E-state index contributed by atoms with van der Waals surface area (Å²) in [5.74, 6) is -0.352. The molecule has 3 N–H and O–H groups in total. The van der Waals surface area contributed by atoms with Gasteiger partial charge in [-0.25, -0.2) is 4.57 Å². The Kier molecular flexibility index (Phi) is 33.0. The maximum atomic E-state index is 12.4. The van der Waals surface area contributed by atoms with Crippen molar-refractivity contribution >= 4 is 13.8 Å². The first-order chi connectivity index (χ1) is 25.9. The Hall–Kier alpha value is -2.00. The molecule has 0 aliphatic carbocycles. The molecule has 0 saturated carbocycles. The van der Waals surface area contributed by atoms with Crippen LogP contribution in [-0.2, 0) is 32.6 Å². The number of phosphoric ester groups is 1. The highest BCUT2D eigenvalue weighted by molar-refractivity contribution is 7.47. The van der Waals surface area contributed by atoms with E-state index in [4.69, 9.17) is 29.0 Å². The highest BCUT2D eigenvalue weighted by Gasteiger charge is 2.36. The van der Waals surface area contributed by atoms with E-state index < -0.39 is 13.9 Å². The molecule has 3 unspecified atom stereocenters. The summed E-state index contributed by atoms with van der Waals surface area (Å²) < 4.78 is 38.9. The molecule has 4 atom stereocenters. The number of carbonyl (C=O) groups is 1. The average molecular weight is 766 g/mol. The number of rotatable bonds is 38. The molecular weight excluding hydrogens is 689 g/mol. The predicted octanol–water partition coefficient (Wildman–Crippen LogP) is 11.5. The van der Waals surface area contributed by atoms with Crippen molar-refractivity contribution in [3.63, 3.8) is 0 Å². The maximum absolute atomic E-state index is 12.4. The quantitative estimate of drug-likeness (QED) is 0.0157. The number of hydrogen-bond acceptors (Lipinski definition) is 8. The normalized spacial score (nSPS) is 17.9. The Labute approximate surface area is 323 Å². The fraction of sp³-hybridized carbons (Fsp3) is 0.744. The van der Waals surface area contributed by atoms with Crippen LogP contribution in [0.15, 0.2) is 60.9 Å². The van der Waals surface area contributed by atoms with Crippen molar-refractivity contribution in [3.8, 4) is 0 Å². The number of allylic oxidation sites excluding steroid dienone is 7. The zero-order chi connectivity index (χ0) is 38.5. The van der Waals surface area contributed by atoms with Crippen LogP contribution in [0, 0.1) is 0 Å². The van der Waals surface area contributed by atoms with Crippen molar-refractivity contribution < 1.29 is 37.5 Å². The third kappa shape index (κ3) is 33.1. The van der Waals surface area contributed by atoms with Gasteiger partial charge in [-0.2, -0.15) is 0 Å². The molecule has 0 spiro atoms. The standard InChI is InChI=1S/C43H76NO8P/c1-3-5-7-9-11-12-13-14-15-16-17-18-19-23-27-31-36-48-40(39-51-53(46,47)50-37-35-44)38-49-43(45)34-30-26-22-20-21-25-29-33-42-41(52-42)32-28-24-10-8-6-4-2/h14-15,20,22,24-25,28-29,31,36,40-42H,3-13,16-19,21,23,26-27,30,32-35,37-39,44H2,1-2H3,(H,46,47)/b15-14-,22-20-,28-24-,29-25-,36-31+/t40-,41?,42?/m1/s1. The molecule has 10 heteroatoms. The second kappa shape index (κ2) is 35.7. The highest BCUT2D eigenvalue weighted by atomic mass is 31.2. The topological polar surface area (TPSA) is 130 Å². The number of phosphoric acid groups is 1. The van der Waals surface area contributed by atoms with Crippen molar-refractivity contribution in [1.29, 1.82) is 0 Å². The lowest BCUT2D eigenvalue weighted by atomic mass is 10.1. The Morgan fingerprint density at radius 1 is 0.679 bits per heavy atom. The Morgan fingerprint density at radius 3 is 1.85 bits per heavy atom. The molecule has 1 saturated heterocycles. The van der Waals surface area contributed by atoms with Crippen molar-refractivity contribution in [2.75, 3.05) is 26.4 Å². The zero-order valence-corrected chi connectivity index (χ0v) is 34.3. The first kappa shape index (κ1) is 49.0. The predicted molar refractivity (Wildman–Crippen MR) is 219 cm³/mol. The van der Waals surface area contributed by atoms with Gasteiger partial charge in [0.25, 0.3) is 0 Å². The molecule has 0 bridgehead atoms. The summed E-state index contributed by atoms with van der Waals surface area (Å²) in [4.78, 5) is 22.3. The Morgan fingerprint density at radius 2 is 1.19 bits per heavy atom. The van der Waals surface area contributed by atoms with Crippen LogP contribution in [0.3, 0.4) is 0 Å². The molecule has 1 aliphatic rings. The Balaban J connectivity index is 2.21. The Bertz CT molecular complexity index is 1060. The van der Waals surface area contributed by atoms with Crippen LogP contribution in [0.1, 0.15) is 162 Å². The summed E-state index contributed by atoms with van der Waals surface area (Å²) in [5.41, 5.74) is 5.36. The van der Waals surface area contributed by atoms with E-state index in [9.17, 15) is 14.3 Å². The lowest BCUT2D eigenvalue weighted by Gasteiger charge is -2.19. The molecule has 9 nitrogen and oxygen atoms in total. The average Bonchev–Trinajstić information content (AvgIpc) is 3.91. The van der Waals surface area contributed by atoms with Crippen molar-refractivity contribution in [2.45, 2.75) is 180 Å². The van der Waals surface area contributed by atoms with Gasteiger partial charge in [-0.1, -0.05) is 120 Å². The minimum Gasteiger partial charge on any atom is -0.492 e. The minimum absolute atomic E-state index is 0.0871. The molecule has 0 aromatic rings. The molecule has 0 amide bonds. The third-order valence-electron chi connectivity index (χ3n) is 8.90. The van der Waals surface area contributed by atoms with E-state index in [0.29, 0.717) is 18.6 Å². The van der Waals surface area contributed by atoms with Crippen LogP contribution in [-0.4, -0.2) is 55.5 Å². The van der Waals surface area contributed by atoms with Gasteiger partial charge in [-0.15, -0.1) is 0 Å². The van der Waals surface area contributed by atoms with Crippen LogP contribution in [0.5, 0.6) is 0 Å². The van der Waals surface area contributed by atoms with Crippen LogP contribution in [0.2, 0.25) is 0 Å². The molecule has 1 aliphatic heterocycles. The SMILES string of the molecule is CCCCC/C=C\CC1OC1C/C=C\C/C=C\CCCC(=O)OC[C@H](COP(=O)(O)OCCN)O/C=C/CCCCCC/C=C\CCCCCCCC. The molecule has 0 aromatic heterocycles. The fourth-order valence-corrected chi connectivity index (χ4v) is 6.36. The second-order valence-electron chi connectivity index (χ2n) is 13.9. The van der Waals surface area contributed by atoms with E-state index in [1.807, 2.05) is 6.08 Å². The number of carbonyl (C=O) groups excluding carboxylic acids is 1. The first-order valence-electron chi connectivity index (χ1n) is 20.9. The van der Waals surface area contributed by atoms with Gasteiger partial charge in [0.15, 0.2) is 6.10 Å². The smallest absolute Gasteiger partial charge is 0.472 e. The van der Waals surface area contributed by atoms with E-state index in [2.05, 4.69) is 62.5 Å². The third-order valence-corrected chi connectivity index (χ3v) is 9.88. The monoisotopic (exact) mass is 766 g/mol. The maximum Gasteiger partial charge on any atom is 0.472 e. The summed E-state index contributed by atoms with van der Waals surface area (Å²) in [6.07, 6.45) is 46.6. The number of unbranched alkanes of at least 4 members (excludes halogenated alkanes) is 15. The molecule has 53 heavy (non-hydrogen) atoms. The summed E-state index contributed by atoms with van der Waals surface area (Å²) in [7, 11) is -4.29. The number of nitrogens with two attached hydrogens (primary N) is 1. The van der Waals surface area contributed by atoms with E-state index in [0.717, 1.165) is 51.4 Å². The summed E-state index contributed by atoms with van der Waals surface area (Å²) in [5, 5.41) is 0. The van der Waals surface area contributed by atoms with Crippen LogP contribution in [0.25, 0.3) is 0 Å². The van der Waals surface area contributed by atoms with Crippen molar-refractivity contribution in [3.05, 3.63) is 60.9 Å². The molecular formula is C43H76NO8P. The summed E-state index contributed by atoms with van der Waals surface area (Å²) >= 11 is 0. The van der Waals surface area contributed by atoms with E-state index >= 15 is 0 Å². The molecule has 0 radical (unpaired) electrons. The van der Waals surface area contributed by atoms with Gasteiger partial charge in [0.05, 0.1) is 31.7 Å². The zero-order valence-electron chi connectivity index (χ0n) is 33.4. The summed E-state index contributed by atoms with van der Waals surface area (Å²) in [6.45, 7) is 4.08. The fourth-order valence-electron chi connectivity index (χ4n) is 5.60. The lowest BCUT2D eigenvalue weighted by molar-refractivity contribution is -0.147. The molecule has 306 valence electrons. The van der Waals surface area contributed by atoms with Gasteiger partial charge in [-0.05, 0) is 89.5 Å². The molecule has 1 heterocycles. The largest absolute Gasteiger partial charge is 0.492 e. The van der Waals surface area contributed by atoms with Crippen molar-refractivity contribution in [1.82, 2.24) is 0 Å². The first-order valence-corrected chi connectivity index (χ1v) is 22.4. The van der Waals surface area contributed by atoms with Crippen molar-refractivity contribution in [2.24, 2.45) is 5.73 Å². The lowest BCUT2D eigenvalue weighted by Crippen LogP contribution is -2.25. The van der Waals surface area contributed by atoms with Gasteiger partial charge >= 0.3 is 13.8 Å². The van der Waals surface area contributed by atoms with E-state index in [1.165, 1.54) is 83.5 Å². The second-order valence-corrected chi connectivity index (χ2v) is 15.4.